The van der Waals surface area contributed by atoms with E-state index in [2.05, 4.69) is 34.5 Å². The predicted octanol–water partition coefficient (Wildman–Crippen LogP) is 5.31. The molecule has 0 unspecified atom stereocenters. The first-order chi connectivity index (χ1) is 14.6. The number of carbonyl (C=O) groups excluding carboxylic acids is 1. The molecule has 6 heteroatoms. The van der Waals surface area contributed by atoms with Crippen molar-refractivity contribution in [3.8, 4) is 0 Å². The lowest BCUT2D eigenvalue weighted by Gasteiger charge is -2.06. The van der Waals surface area contributed by atoms with Crippen LogP contribution in [0.25, 0.3) is 10.8 Å². The van der Waals surface area contributed by atoms with Crippen LogP contribution in [0.1, 0.15) is 17.0 Å². The molecule has 4 aromatic rings. The molecule has 0 saturated heterocycles. The maximum Gasteiger partial charge on any atom is 0.191 e. The average Bonchev–Trinajstić information content (AvgIpc) is 3.10. The van der Waals surface area contributed by atoms with Gasteiger partial charge in [-0.2, -0.15) is 0 Å². The Balaban J connectivity index is 1.35. The summed E-state index contributed by atoms with van der Waals surface area (Å²) in [6.07, 6.45) is 2.04. The molecule has 0 N–H and O–H groups in total. The highest BCUT2D eigenvalue weighted by molar-refractivity contribution is 7.99. The number of ketones is 1. The number of carbonyl (C=O) groups is 1. The van der Waals surface area contributed by atoms with Gasteiger partial charge in [0.2, 0.25) is 0 Å². The third kappa shape index (κ3) is 4.91. The molecule has 4 rings (SSSR count). The predicted molar refractivity (Wildman–Crippen MR) is 123 cm³/mol. The summed E-state index contributed by atoms with van der Waals surface area (Å²) in [5.74, 6) is 1.46. The van der Waals surface area contributed by atoms with Crippen LogP contribution in [0.5, 0.6) is 0 Å². The minimum atomic E-state index is 0.180. The van der Waals surface area contributed by atoms with Crippen molar-refractivity contribution in [2.75, 3.05) is 5.75 Å². The smallest absolute Gasteiger partial charge is 0.191 e. The molecule has 0 fully saturated rings. The summed E-state index contributed by atoms with van der Waals surface area (Å²) >= 11 is 7.50. The van der Waals surface area contributed by atoms with Gasteiger partial charge in [-0.1, -0.05) is 78.0 Å². The van der Waals surface area contributed by atoms with Crippen molar-refractivity contribution in [1.29, 1.82) is 0 Å². The molecule has 30 heavy (non-hydrogen) atoms. The van der Waals surface area contributed by atoms with Crippen molar-refractivity contribution >= 4 is 39.9 Å². The van der Waals surface area contributed by atoms with Crippen molar-refractivity contribution in [3.63, 3.8) is 0 Å². The summed E-state index contributed by atoms with van der Waals surface area (Å²) in [5.41, 5.74) is 2.24. The summed E-state index contributed by atoms with van der Waals surface area (Å²) in [4.78, 5) is 12.6. The number of hydrogen-bond acceptors (Lipinski definition) is 4. The lowest BCUT2D eigenvalue weighted by Crippen LogP contribution is -2.07. The van der Waals surface area contributed by atoms with E-state index in [4.69, 9.17) is 11.6 Å². The maximum absolute atomic E-state index is 12.6. The largest absolute Gasteiger partial charge is 0.309 e. The van der Waals surface area contributed by atoms with Gasteiger partial charge < -0.3 is 4.57 Å². The van der Waals surface area contributed by atoms with Crippen LogP contribution in [0.4, 0.5) is 0 Å². The van der Waals surface area contributed by atoms with Crippen LogP contribution < -0.4 is 0 Å². The standard InChI is InChI=1S/C24H22ClN3OS/c1-28-23(13-12-17-6-4-10-20(25)14-17)26-27-24(28)30-16-21(29)15-19-9-5-8-18-7-2-3-11-22(18)19/h2-11,14H,12-13,15-16H2,1H3. The van der Waals surface area contributed by atoms with Gasteiger partial charge in [0, 0.05) is 24.9 Å². The Bertz CT molecular complexity index is 1180. The average molecular weight is 436 g/mol. The van der Waals surface area contributed by atoms with Crippen LogP contribution in [0.15, 0.2) is 71.9 Å². The van der Waals surface area contributed by atoms with Gasteiger partial charge >= 0.3 is 0 Å². The molecule has 0 radical (unpaired) electrons. The zero-order chi connectivity index (χ0) is 20.9. The normalized spacial score (nSPS) is 11.1. The minimum absolute atomic E-state index is 0.180. The molecule has 1 heterocycles. The minimum Gasteiger partial charge on any atom is -0.309 e. The van der Waals surface area contributed by atoms with Gasteiger partial charge in [0.05, 0.1) is 5.75 Å². The highest BCUT2D eigenvalue weighted by Crippen LogP contribution is 2.21. The molecular weight excluding hydrogens is 414 g/mol. The van der Waals surface area contributed by atoms with E-state index >= 15 is 0 Å². The topological polar surface area (TPSA) is 47.8 Å². The molecule has 0 bridgehead atoms. The van der Waals surface area contributed by atoms with Gasteiger partial charge in [0.15, 0.2) is 5.16 Å². The van der Waals surface area contributed by atoms with Crippen molar-refractivity contribution < 1.29 is 4.79 Å². The third-order valence-electron chi connectivity index (χ3n) is 5.08. The zero-order valence-corrected chi connectivity index (χ0v) is 18.3. The van der Waals surface area contributed by atoms with Crippen LogP contribution in [0.2, 0.25) is 5.02 Å². The number of thioether (sulfide) groups is 1. The van der Waals surface area contributed by atoms with Crippen LogP contribution in [-0.2, 0) is 31.1 Å². The quantitative estimate of drug-likeness (QED) is 0.352. The highest BCUT2D eigenvalue weighted by atomic mass is 35.5. The fourth-order valence-corrected chi connectivity index (χ4v) is 4.49. The Labute approximate surface area is 185 Å². The van der Waals surface area contributed by atoms with Gasteiger partial charge in [-0.3, -0.25) is 4.79 Å². The van der Waals surface area contributed by atoms with Crippen LogP contribution in [0, 0.1) is 0 Å². The maximum atomic E-state index is 12.6. The Hall–Kier alpha value is -2.63. The van der Waals surface area contributed by atoms with E-state index < -0.39 is 0 Å². The Kier molecular flexibility index (Phi) is 6.50. The van der Waals surface area contributed by atoms with E-state index in [0.29, 0.717) is 12.2 Å². The molecule has 0 atom stereocenters. The molecule has 1 aromatic heterocycles. The number of aromatic nitrogens is 3. The van der Waals surface area contributed by atoms with E-state index in [1.54, 1.807) is 0 Å². The summed E-state index contributed by atoms with van der Waals surface area (Å²) < 4.78 is 1.97. The van der Waals surface area contributed by atoms with Gasteiger partial charge in [-0.05, 0) is 40.5 Å². The summed E-state index contributed by atoms with van der Waals surface area (Å²) in [7, 11) is 1.95. The van der Waals surface area contributed by atoms with E-state index in [0.717, 1.165) is 45.2 Å². The second kappa shape index (κ2) is 9.45. The van der Waals surface area contributed by atoms with Crippen molar-refractivity contribution in [3.05, 3.63) is 88.7 Å². The first-order valence-corrected chi connectivity index (χ1v) is 11.2. The van der Waals surface area contributed by atoms with E-state index in [-0.39, 0.29) is 5.78 Å². The van der Waals surface area contributed by atoms with E-state index in [1.807, 2.05) is 54.1 Å². The van der Waals surface area contributed by atoms with Crippen molar-refractivity contribution in [2.45, 2.75) is 24.4 Å². The summed E-state index contributed by atoms with van der Waals surface area (Å²) in [6, 6.07) is 22.1. The number of fused-ring (bicyclic) bond motifs is 1. The first kappa shape index (κ1) is 20.6. The number of hydrogen-bond donors (Lipinski definition) is 0. The molecule has 3 aromatic carbocycles. The number of aryl methyl sites for hydroxylation is 2. The van der Waals surface area contributed by atoms with E-state index in [1.165, 1.54) is 17.3 Å². The Morgan fingerprint density at radius 1 is 1.00 bits per heavy atom. The molecule has 0 aliphatic heterocycles. The summed E-state index contributed by atoms with van der Waals surface area (Å²) in [5, 5.41) is 12.4. The number of Topliss-reactive ketones (excluding diaryl/α,β-unsaturated/α-hetero) is 1. The lowest BCUT2D eigenvalue weighted by atomic mass is 10.0. The lowest BCUT2D eigenvalue weighted by molar-refractivity contribution is -0.115. The molecule has 0 spiro atoms. The zero-order valence-electron chi connectivity index (χ0n) is 16.7. The van der Waals surface area contributed by atoms with Crippen LogP contribution in [-0.4, -0.2) is 26.3 Å². The van der Waals surface area contributed by atoms with Gasteiger partial charge in [-0.25, -0.2) is 0 Å². The van der Waals surface area contributed by atoms with Gasteiger partial charge in [0.1, 0.15) is 11.6 Å². The third-order valence-corrected chi connectivity index (χ3v) is 6.40. The Morgan fingerprint density at radius 3 is 2.67 bits per heavy atom. The molecule has 152 valence electrons. The van der Waals surface area contributed by atoms with Crippen molar-refractivity contribution in [1.82, 2.24) is 14.8 Å². The second-order valence-electron chi connectivity index (χ2n) is 7.23. The highest BCUT2D eigenvalue weighted by Gasteiger charge is 2.13. The molecule has 0 saturated carbocycles. The summed E-state index contributed by atoms with van der Waals surface area (Å²) in [6.45, 7) is 0. The fourth-order valence-electron chi connectivity index (χ4n) is 3.49. The van der Waals surface area contributed by atoms with Gasteiger partial charge in [0.25, 0.3) is 0 Å². The number of nitrogens with zero attached hydrogens (tertiary/aromatic N) is 3. The van der Waals surface area contributed by atoms with Crippen molar-refractivity contribution in [2.24, 2.45) is 7.05 Å². The molecule has 0 aliphatic rings. The fraction of sp³-hybridized carbons (Fsp3) is 0.208. The van der Waals surface area contributed by atoms with E-state index in [9.17, 15) is 4.79 Å². The molecule has 4 nitrogen and oxygen atoms in total. The van der Waals surface area contributed by atoms with Crippen LogP contribution in [0.3, 0.4) is 0 Å². The first-order valence-electron chi connectivity index (χ1n) is 9.84. The second-order valence-corrected chi connectivity index (χ2v) is 8.61. The monoisotopic (exact) mass is 435 g/mol. The number of rotatable bonds is 8. The number of halogens is 1. The SMILES string of the molecule is Cn1c(CCc2cccc(Cl)c2)nnc1SCC(=O)Cc1cccc2ccccc12. The van der Waals surface area contributed by atoms with Crippen LogP contribution >= 0.6 is 23.4 Å². The molecule has 0 amide bonds. The Morgan fingerprint density at radius 2 is 1.80 bits per heavy atom. The number of benzene rings is 3. The van der Waals surface area contributed by atoms with Gasteiger partial charge in [-0.15, -0.1) is 10.2 Å². The molecular formula is C24H22ClN3OS. The molecule has 0 aliphatic carbocycles.